The molecule has 0 atom stereocenters. The van der Waals surface area contributed by atoms with Gasteiger partial charge >= 0.3 is 6.03 Å². The lowest BCUT2D eigenvalue weighted by Crippen LogP contribution is -2.32. The number of hydrogen-bond donors (Lipinski definition) is 2. The zero-order chi connectivity index (χ0) is 9.97. The molecule has 0 radical (unpaired) electrons. The van der Waals surface area contributed by atoms with Gasteiger partial charge in [-0.2, -0.15) is 5.26 Å². The molecule has 1 aromatic carbocycles. The van der Waals surface area contributed by atoms with Gasteiger partial charge in [-0.15, -0.1) is 0 Å². The third-order valence-corrected chi connectivity index (χ3v) is 1.92. The average molecular weight is 185 g/mol. The van der Waals surface area contributed by atoms with E-state index < -0.39 is 0 Å². The molecule has 0 aromatic heterocycles. The highest BCUT2D eigenvalue weighted by atomic mass is 16.2. The number of nitrogens with one attached hydrogen (secondary N) is 2. The number of fused-ring (bicyclic) bond motifs is 1. The number of rotatable bonds is 0. The smallest absolute Gasteiger partial charge is 0.307 e. The third kappa shape index (κ3) is 1.31. The highest BCUT2D eigenvalue weighted by Crippen LogP contribution is 2.24. The van der Waals surface area contributed by atoms with Crippen LogP contribution in [0.1, 0.15) is 5.56 Å². The van der Waals surface area contributed by atoms with Crippen LogP contribution in [0.2, 0.25) is 0 Å². The molecule has 0 fully saturated rings. The van der Waals surface area contributed by atoms with Crippen molar-refractivity contribution in [2.24, 2.45) is 0 Å². The van der Waals surface area contributed by atoms with Crippen molar-refractivity contribution in [2.45, 2.75) is 0 Å². The number of carbonyl (C=O) groups excluding carboxylic acids is 1. The fraction of sp³-hybridized carbons (Fsp3) is 0. The third-order valence-electron chi connectivity index (χ3n) is 1.92. The molecule has 0 aliphatic carbocycles. The minimum Gasteiger partial charge on any atom is -0.307 e. The van der Waals surface area contributed by atoms with Gasteiger partial charge in [-0.05, 0) is 6.07 Å². The van der Waals surface area contributed by atoms with Gasteiger partial charge in [-0.25, -0.2) is 4.79 Å². The summed E-state index contributed by atoms with van der Waals surface area (Å²) in [6.07, 6.45) is 1.32. The van der Waals surface area contributed by atoms with Crippen LogP contribution < -0.4 is 10.6 Å². The van der Waals surface area contributed by atoms with Gasteiger partial charge in [0.15, 0.2) is 0 Å². The Hall–Kier alpha value is -2.28. The zero-order valence-corrected chi connectivity index (χ0v) is 7.24. The first-order valence-corrected chi connectivity index (χ1v) is 4.08. The molecular weight excluding hydrogens is 178 g/mol. The minimum absolute atomic E-state index is 0.315. The summed E-state index contributed by atoms with van der Waals surface area (Å²) >= 11 is 0. The number of amides is 2. The van der Waals surface area contributed by atoms with Crippen LogP contribution in [0.25, 0.3) is 5.70 Å². The summed E-state index contributed by atoms with van der Waals surface area (Å²) in [6, 6.07) is 8.89. The van der Waals surface area contributed by atoms with Crippen LogP contribution >= 0.6 is 0 Å². The normalized spacial score (nSPS) is 16.5. The van der Waals surface area contributed by atoms with Crippen molar-refractivity contribution in [3.05, 3.63) is 35.9 Å². The molecule has 0 bridgehead atoms. The Morgan fingerprint density at radius 3 is 2.86 bits per heavy atom. The number of urea groups is 1. The molecule has 0 unspecified atom stereocenters. The van der Waals surface area contributed by atoms with Gasteiger partial charge in [0.05, 0.1) is 17.5 Å². The molecule has 4 nitrogen and oxygen atoms in total. The fourth-order valence-corrected chi connectivity index (χ4v) is 1.35. The Kier molecular flexibility index (Phi) is 1.92. The number of para-hydroxylation sites is 1. The molecule has 4 heteroatoms. The summed E-state index contributed by atoms with van der Waals surface area (Å²) in [4.78, 5) is 11.1. The van der Waals surface area contributed by atoms with E-state index in [4.69, 9.17) is 5.26 Å². The SMILES string of the molecule is N#CC=C1NC(=O)Nc2ccccc21. The number of carbonyl (C=O) groups is 1. The van der Waals surface area contributed by atoms with E-state index in [0.717, 1.165) is 11.3 Å². The quantitative estimate of drug-likeness (QED) is 0.604. The van der Waals surface area contributed by atoms with Crippen LogP contribution in [0.5, 0.6) is 0 Å². The van der Waals surface area contributed by atoms with Crippen LogP contribution in [0.4, 0.5) is 10.5 Å². The Morgan fingerprint density at radius 1 is 1.29 bits per heavy atom. The highest BCUT2D eigenvalue weighted by Gasteiger charge is 2.17. The van der Waals surface area contributed by atoms with E-state index in [1.807, 2.05) is 24.3 Å². The molecular formula is C10H7N3O. The second-order valence-electron chi connectivity index (χ2n) is 2.81. The molecule has 2 amide bonds. The van der Waals surface area contributed by atoms with Crippen molar-refractivity contribution in [1.29, 1.82) is 5.26 Å². The number of hydrogen-bond acceptors (Lipinski definition) is 2. The molecule has 0 spiro atoms. The lowest BCUT2D eigenvalue weighted by Gasteiger charge is -2.19. The molecule has 0 saturated heterocycles. The van der Waals surface area contributed by atoms with Crippen molar-refractivity contribution in [3.8, 4) is 6.07 Å². The predicted molar refractivity (Wildman–Crippen MR) is 52.2 cm³/mol. The monoisotopic (exact) mass is 185 g/mol. The van der Waals surface area contributed by atoms with E-state index in [9.17, 15) is 4.79 Å². The fourth-order valence-electron chi connectivity index (χ4n) is 1.35. The van der Waals surface area contributed by atoms with Crippen molar-refractivity contribution < 1.29 is 4.79 Å². The standard InChI is InChI=1S/C10H7N3O/c11-6-5-9-7-3-1-2-4-8(7)12-10(14)13-9/h1-5H,(H2,12,13,14). The summed E-state index contributed by atoms with van der Waals surface area (Å²) in [5.41, 5.74) is 2.08. The molecule has 14 heavy (non-hydrogen) atoms. The maximum atomic E-state index is 11.1. The van der Waals surface area contributed by atoms with Crippen molar-refractivity contribution in [3.63, 3.8) is 0 Å². The number of allylic oxidation sites excluding steroid dienone is 1. The molecule has 0 saturated carbocycles. The average Bonchev–Trinajstić information content (AvgIpc) is 2.18. The van der Waals surface area contributed by atoms with Gasteiger partial charge in [-0.1, -0.05) is 18.2 Å². The lowest BCUT2D eigenvalue weighted by molar-refractivity contribution is 0.255. The number of benzene rings is 1. The van der Waals surface area contributed by atoms with Crippen molar-refractivity contribution in [2.75, 3.05) is 5.32 Å². The maximum absolute atomic E-state index is 11.1. The van der Waals surface area contributed by atoms with Crippen LogP contribution in [0, 0.1) is 11.3 Å². The van der Waals surface area contributed by atoms with Gasteiger partial charge < -0.3 is 10.6 Å². The first-order valence-electron chi connectivity index (χ1n) is 4.08. The zero-order valence-electron chi connectivity index (χ0n) is 7.24. The summed E-state index contributed by atoms with van der Waals surface area (Å²) in [7, 11) is 0. The highest BCUT2D eigenvalue weighted by molar-refractivity contribution is 6.03. The van der Waals surface area contributed by atoms with E-state index in [0.29, 0.717) is 5.70 Å². The molecule has 2 rings (SSSR count). The van der Waals surface area contributed by atoms with Crippen LogP contribution in [-0.4, -0.2) is 6.03 Å². The van der Waals surface area contributed by atoms with E-state index in [-0.39, 0.29) is 6.03 Å². The van der Waals surface area contributed by atoms with E-state index in [1.165, 1.54) is 6.08 Å². The van der Waals surface area contributed by atoms with Crippen LogP contribution in [-0.2, 0) is 0 Å². The number of nitrogens with zero attached hydrogens (tertiary/aromatic N) is 1. The number of anilines is 1. The molecule has 1 aliphatic heterocycles. The van der Waals surface area contributed by atoms with Crippen LogP contribution in [0.3, 0.4) is 0 Å². The predicted octanol–water partition coefficient (Wildman–Crippen LogP) is 1.69. The Balaban J connectivity index is 2.55. The van der Waals surface area contributed by atoms with E-state index >= 15 is 0 Å². The van der Waals surface area contributed by atoms with Gasteiger partial charge in [0.1, 0.15) is 0 Å². The topological polar surface area (TPSA) is 64.9 Å². The first kappa shape index (κ1) is 8.32. The summed E-state index contributed by atoms with van der Waals surface area (Å²) in [6.45, 7) is 0. The van der Waals surface area contributed by atoms with E-state index in [2.05, 4.69) is 10.6 Å². The Labute approximate surface area is 80.8 Å². The number of nitriles is 1. The largest absolute Gasteiger partial charge is 0.323 e. The minimum atomic E-state index is -0.315. The first-order chi connectivity index (χ1) is 6.81. The lowest BCUT2D eigenvalue weighted by atomic mass is 10.1. The Bertz CT molecular complexity index is 457. The van der Waals surface area contributed by atoms with Gasteiger partial charge in [0.25, 0.3) is 0 Å². The van der Waals surface area contributed by atoms with Gasteiger partial charge in [-0.3, -0.25) is 0 Å². The van der Waals surface area contributed by atoms with Crippen LogP contribution in [0.15, 0.2) is 30.3 Å². The summed E-state index contributed by atoms with van der Waals surface area (Å²) in [5.74, 6) is 0. The Morgan fingerprint density at radius 2 is 2.07 bits per heavy atom. The molecule has 68 valence electrons. The van der Waals surface area contributed by atoms with Gasteiger partial charge in [0.2, 0.25) is 0 Å². The van der Waals surface area contributed by atoms with Gasteiger partial charge in [0, 0.05) is 11.6 Å². The molecule has 1 aromatic rings. The maximum Gasteiger partial charge on any atom is 0.323 e. The molecule has 2 N–H and O–H groups in total. The summed E-state index contributed by atoms with van der Waals surface area (Å²) < 4.78 is 0. The van der Waals surface area contributed by atoms with E-state index in [1.54, 1.807) is 6.07 Å². The summed E-state index contributed by atoms with van der Waals surface area (Å²) in [5, 5.41) is 13.7. The second kappa shape index (κ2) is 3.23. The van der Waals surface area contributed by atoms with Crippen molar-refractivity contribution >= 4 is 17.4 Å². The molecule has 1 aliphatic rings. The molecule has 1 heterocycles. The second-order valence-corrected chi connectivity index (χ2v) is 2.81. The van der Waals surface area contributed by atoms with Crippen molar-refractivity contribution in [1.82, 2.24) is 5.32 Å².